The molecule has 0 aliphatic carbocycles. The smallest absolute Gasteiger partial charge is 0.309 e. The Hall–Kier alpha value is -2.65. The molecule has 178 valence electrons. The average molecular weight is 480 g/mol. The van der Waals surface area contributed by atoms with E-state index in [1.54, 1.807) is 13.8 Å². The molecule has 0 saturated carbocycles. The van der Waals surface area contributed by atoms with E-state index < -0.39 is 45.9 Å². The number of rotatable bonds is 6. The summed E-state index contributed by atoms with van der Waals surface area (Å²) in [6, 6.07) is 4.67. The van der Waals surface area contributed by atoms with E-state index >= 15 is 0 Å². The van der Waals surface area contributed by atoms with Crippen LogP contribution in [-0.4, -0.2) is 44.2 Å². The van der Waals surface area contributed by atoms with Gasteiger partial charge >= 0.3 is 5.97 Å². The minimum absolute atomic E-state index is 0.0956. The number of carbonyl (C=O) groups is 2. The van der Waals surface area contributed by atoms with E-state index in [2.05, 4.69) is 0 Å². The van der Waals surface area contributed by atoms with E-state index in [-0.39, 0.29) is 31.5 Å². The topological polar surface area (TPSA) is 80.8 Å². The lowest BCUT2D eigenvalue weighted by Crippen LogP contribution is -2.41. The minimum Gasteiger partial charge on any atom is -0.457 e. The molecule has 3 rings (SSSR count). The lowest BCUT2D eigenvalue weighted by atomic mass is 9.98. The third-order valence-electron chi connectivity index (χ3n) is 6.27. The van der Waals surface area contributed by atoms with Crippen LogP contribution in [0.2, 0.25) is 0 Å². The number of halogens is 2. The van der Waals surface area contributed by atoms with Gasteiger partial charge in [-0.2, -0.15) is 4.31 Å². The Morgan fingerprint density at radius 3 is 2.09 bits per heavy atom. The van der Waals surface area contributed by atoms with Crippen LogP contribution >= 0.6 is 0 Å². The van der Waals surface area contributed by atoms with E-state index in [4.69, 9.17) is 4.74 Å². The fraction of sp³-hybridized carbons (Fsp3) is 0.417. The van der Waals surface area contributed by atoms with E-state index in [1.165, 1.54) is 4.31 Å². The summed E-state index contributed by atoms with van der Waals surface area (Å²) in [4.78, 5) is 24.8. The van der Waals surface area contributed by atoms with Gasteiger partial charge < -0.3 is 4.74 Å². The van der Waals surface area contributed by atoms with Gasteiger partial charge in [-0.3, -0.25) is 9.59 Å². The normalized spacial score (nSPS) is 15.5. The second-order valence-corrected chi connectivity index (χ2v) is 10.3. The number of benzene rings is 2. The lowest BCUT2D eigenvalue weighted by Gasteiger charge is -2.31. The van der Waals surface area contributed by atoms with Crippen molar-refractivity contribution in [2.24, 2.45) is 5.92 Å². The van der Waals surface area contributed by atoms with Crippen molar-refractivity contribution < 1.29 is 31.5 Å². The van der Waals surface area contributed by atoms with Crippen molar-refractivity contribution in [1.82, 2.24) is 4.31 Å². The highest BCUT2D eigenvalue weighted by Gasteiger charge is 2.35. The fourth-order valence-corrected chi connectivity index (χ4v) is 6.08. The van der Waals surface area contributed by atoms with Crippen LogP contribution in [0.25, 0.3) is 0 Å². The Bertz CT molecular complexity index is 1180. The number of carbonyl (C=O) groups excluding carboxylic acids is 2. The summed E-state index contributed by atoms with van der Waals surface area (Å²) < 4.78 is 59.4. The summed E-state index contributed by atoms with van der Waals surface area (Å²) in [5, 5.41) is 0. The van der Waals surface area contributed by atoms with Crippen LogP contribution in [0, 0.1) is 45.2 Å². The molecule has 0 radical (unpaired) electrons. The molecule has 0 N–H and O–H groups in total. The summed E-state index contributed by atoms with van der Waals surface area (Å²) >= 11 is 0. The highest BCUT2D eigenvalue weighted by atomic mass is 32.2. The van der Waals surface area contributed by atoms with Crippen LogP contribution < -0.4 is 0 Å². The standard InChI is InChI=1S/C24H27F2NO5S/c1-14-11-15(2)17(4)23(16(14)3)33(30,31)27-9-7-18(8-10-27)24(29)32-13-22(28)19-5-6-20(25)21(26)12-19/h5-6,11-12,18H,7-10,13H2,1-4H3. The van der Waals surface area contributed by atoms with E-state index in [1.807, 2.05) is 19.9 Å². The van der Waals surface area contributed by atoms with E-state index in [0.717, 1.165) is 40.5 Å². The molecule has 1 heterocycles. The average Bonchev–Trinajstić information content (AvgIpc) is 2.77. The molecule has 33 heavy (non-hydrogen) atoms. The van der Waals surface area contributed by atoms with Gasteiger partial charge in [0, 0.05) is 18.7 Å². The molecule has 1 saturated heterocycles. The molecule has 2 aromatic rings. The molecule has 0 unspecified atom stereocenters. The first kappa shape index (κ1) is 25.0. The van der Waals surface area contributed by atoms with Crippen LogP contribution in [0.4, 0.5) is 8.78 Å². The van der Waals surface area contributed by atoms with Gasteiger partial charge in [0.05, 0.1) is 10.8 Å². The third kappa shape index (κ3) is 5.14. The molecule has 0 bridgehead atoms. The predicted molar refractivity (Wildman–Crippen MR) is 119 cm³/mol. The first-order valence-corrected chi connectivity index (χ1v) is 12.1. The first-order valence-electron chi connectivity index (χ1n) is 10.7. The number of hydrogen-bond acceptors (Lipinski definition) is 5. The van der Waals surface area contributed by atoms with Gasteiger partial charge in [-0.1, -0.05) is 6.07 Å². The van der Waals surface area contributed by atoms with Crippen LogP contribution in [-0.2, 0) is 19.6 Å². The van der Waals surface area contributed by atoms with Gasteiger partial charge in [-0.25, -0.2) is 17.2 Å². The van der Waals surface area contributed by atoms with E-state index in [0.29, 0.717) is 4.90 Å². The molecular weight excluding hydrogens is 452 g/mol. The molecule has 0 amide bonds. The van der Waals surface area contributed by atoms with Crippen LogP contribution in [0.5, 0.6) is 0 Å². The van der Waals surface area contributed by atoms with Crippen LogP contribution in [0.3, 0.4) is 0 Å². The summed E-state index contributed by atoms with van der Waals surface area (Å²) in [7, 11) is -3.73. The SMILES string of the molecule is Cc1cc(C)c(C)c(S(=O)(=O)N2CCC(C(=O)OCC(=O)c3ccc(F)c(F)c3)CC2)c1C. The van der Waals surface area contributed by atoms with Crippen molar-refractivity contribution in [3.63, 3.8) is 0 Å². The van der Waals surface area contributed by atoms with Crippen molar-refractivity contribution in [1.29, 1.82) is 0 Å². The largest absolute Gasteiger partial charge is 0.457 e. The number of ether oxygens (including phenoxy) is 1. The summed E-state index contributed by atoms with van der Waals surface area (Å²) in [5.41, 5.74) is 3.15. The van der Waals surface area contributed by atoms with Crippen molar-refractivity contribution in [2.75, 3.05) is 19.7 Å². The van der Waals surface area contributed by atoms with Gasteiger partial charge in [-0.05, 0) is 81.0 Å². The quantitative estimate of drug-likeness (QED) is 0.462. The Morgan fingerprint density at radius 2 is 1.55 bits per heavy atom. The minimum atomic E-state index is -3.73. The zero-order valence-corrected chi connectivity index (χ0v) is 19.9. The summed E-state index contributed by atoms with van der Waals surface area (Å²) in [6.07, 6.45) is 0.528. The molecule has 1 aliphatic rings. The number of aryl methyl sites for hydroxylation is 2. The Kier molecular flexibility index (Phi) is 7.33. The van der Waals surface area contributed by atoms with Crippen molar-refractivity contribution >= 4 is 21.8 Å². The van der Waals surface area contributed by atoms with Crippen molar-refractivity contribution in [2.45, 2.75) is 45.4 Å². The maximum Gasteiger partial charge on any atom is 0.309 e. The molecule has 1 aliphatic heterocycles. The highest BCUT2D eigenvalue weighted by Crippen LogP contribution is 2.31. The van der Waals surface area contributed by atoms with Crippen LogP contribution in [0.1, 0.15) is 45.5 Å². The molecule has 6 nitrogen and oxygen atoms in total. The second kappa shape index (κ2) is 9.69. The fourth-order valence-electron chi connectivity index (χ4n) is 4.04. The molecular formula is C24H27F2NO5S. The van der Waals surface area contributed by atoms with Gasteiger partial charge in [0.25, 0.3) is 0 Å². The Labute approximate surface area is 192 Å². The summed E-state index contributed by atoms with van der Waals surface area (Å²) in [6.45, 7) is 7.07. The summed E-state index contributed by atoms with van der Waals surface area (Å²) in [5.74, 6) is -4.04. The molecule has 2 aromatic carbocycles. The second-order valence-electron chi connectivity index (χ2n) is 8.43. The van der Waals surface area contributed by atoms with Gasteiger partial charge in [-0.15, -0.1) is 0 Å². The number of sulfonamides is 1. The van der Waals surface area contributed by atoms with Gasteiger partial charge in [0.1, 0.15) is 0 Å². The van der Waals surface area contributed by atoms with Crippen LogP contribution in [0.15, 0.2) is 29.2 Å². The van der Waals surface area contributed by atoms with E-state index in [9.17, 15) is 26.8 Å². The number of hydrogen-bond donors (Lipinski definition) is 0. The first-order chi connectivity index (χ1) is 15.4. The maximum absolute atomic E-state index is 13.3. The van der Waals surface area contributed by atoms with Crippen molar-refractivity contribution in [3.05, 3.63) is 63.7 Å². The molecule has 1 fully saturated rings. The van der Waals surface area contributed by atoms with Gasteiger partial charge in [0.15, 0.2) is 24.0 Å². The number of nitrogens with zero attached hydrogens (tertiary/aromatic N) is 1. The molecule has 0 spiro atoms. The van der Waals surface area contributed by atoms with Gasteiger partial charge in [0.2, 0.25) is 10.0 Å². The predicted octanol–water partition coefficient (Wildman–Crippen LogP) is 4.03. The lowest BCUT2D eigenvalue weighted by molar-refractivity contribution is -0.148. The maximum atomic E-state index is 13.3. The Balaban J connectivity index is 1.62. The number of Topliss-reactive ketones (excluding diaryl/α,β-unsaturated/α-hetero) is 1. The number of piperidine rings is 1. The number of ketones is 1. The number of esters is 1. The highest BCUT2D eigenvalue weighted by molar-refractivity contribution is 7.89. The zero-order valence-electron chi connectivity index (χ0n) is 19.1. The monoisotopic (exact) mass is 479 g/mol. The molecule has 9 heteroatoms. The third-order valence-corrected chi connectivity index (χ3v) is 8.44. The van der Waals surface area contributed by atoms with Crippen molar-refractivity contribution in [3.8, 4) is 0 Å². The molecule has 0 aromatic heterocycles. The zero-order chi connectivity index (χ0) is 24.5. The molecule has 0 atom stereocenters. The Morgan fingerprint density at radius 1 is 0.970 bits per heavy atom.